The number of benzene rings is 1. The van der Waals surface area contributed by atoms with Crippen LogP contribution in [0.25, 0.3) is 10.9 Å². The molecule has 1 aromatic carbocycles. The molecule has 0 aliphatic rings. The molecule has 17 heavy (non-hydrogen) atoms. The van der Waals surface area contributed by atoms with Crippen LogP contribution in [-0.4, -0.2) is 23.2 Å². The minimum absolute atomic E-state index is 0.283. The number of H-pyrrole nitrogens is 1. The van der Waals surface area contributed by atoms with E-state index in [9.17, 15) is 9.59 Å². The molecule has 1 aromatic heterocycles. The Morgan fingerprint density at radius 1 is 1.47 bits per heavy atom. The van der Waals surface area contributed by atoms with Crippen LogP contribution >= 0.6 is 15.9 Å². The van der Waals surface area contributed by atoms with E-state index in [2.05, 4.69) is 20.9 Å². The molecule has 2 aromatic rings. The van der Waals surface area contributed by atoms with Gasteiger partial charge >= 0.3 is 5.97 Å². The van der Waals surface area contributed by atoms with Gasteiger partial charge in [-0.2, -0.15) is 0 Å². The van der Waals surface area contributed by atoms with Gasteiger partial charge in [-0.1, -0.05) is 0 Å². The maximum absolute atomic E-state index is 11.5. The lowest BCUT2D eigenvalue weighted by Gasteiger charge is -2.06. The van der Waals surface area contributed by atoms with E-state index in [1.807, 2.05) is 0 Å². The van der Waals surface area contributed by atoms with E-state index in [4.69, 9.17) is 9.84 Å². The van der Waals surface area contributed by atoms with Crippen LogP contribution in [0.4, 0.5) is 0 Å². The van der Waals surface area contributed by atoms with Gasteiger partial charge in [-0.15, -0.1) is 0 Å². The van der Waals surface area contributed by atoms with Gasteiger partial charge in [-0.25, -0.2) is 4.79 Å². The van der Waals surface area contributed by atoms with Gasteiger partial charge in [0.05, 0.1) is 17.1 Å². The molecule has 0 radical (unpaired) electrons. The van der Waals surface area contributed by atoms with Crippen molar-refractivity contribution in [2.75, 3.05) is 7.11 Å². The number of hydrogen-bond donors (Lipinski definition) is 2. The van der Waals surface area contributed by atoms with Gasteiger partial charge < -0.3 is 14.8 Å². The van der Waals surface area contributed by atoms with Crippen LogP contribution in [0.2, 0.25) is 0 Å². The normalized spacial score (nSPS) is 10.5. The molecular formula is C11H8BrNO4. The summed E-state index contributed by atoms with van der Waals surface area (Å²) in [4.78, 5) is 24.9. The molecule has 6 heteroatoms. The highest BCUT2D eigenvalue weighted by Crippen LogP contribution is 2.31. The topological polar surface area (TPSA) is 79.4 Å². The Kier molecular flexibility index (Phi) is 2.89. The van der Waals surface area contributed by atoms with Crippen LogP contribution < -0.4 is 10.3 Å². The number of nitrogens with one attached hydrogen (secondary N) is 1. The Balaban J connectivity index is 2.83. The number of carboxylic acids is 1. The van der Waals surface area contributed by atoms with Crippen molar-refractivity contribution in [3.05, 3.63) is 38.6 Å². The number of pyridine rings is 1. The fourth-order valence-corrected chi connectivity index (χ4v) is 2.16. The quantitative estimate of drug-likeness (QED) is 0.888. The molecular weight excluding hydrogens is 290 g/mol. The third-order valence-electron chi connectivity index (χ3n) is 2.37. The SMILES string of the molecule is COc1ccc2cc(C(=O)O)c(=O)[nH]c2c1Br. The Morgan fingerprint density at radius 2 is 2.18 bits per heavy atom. The van der Waals surface area contributed by atoms with E-state index in [1.54, 1.807) is 12.1 Å². The standard InChI is InChI=1S/C11H8BrNO4/c1-17-7-3-2-5-4-6(11(15)16)10(14)13-9(5)8(7)12/h2-4H,1H3,(H,13,14)(H,15,16). The fraction of sp³-hybridized carbons (Fsp3) is 0.0909. The van der Waals surface area contributed by atoms with Crippen molar-refractivity contribution in [1.82, 2.24) is 4.98 Å². The molecule has 0 atom stereocenters. The lowest BCUT2D eigenvalue weighted by atomic mass is 10.1. The van der Waals surface area contributed by atoms with Crippen LogP contribution in [0.5, 0.6) is 5.75 Å². The van der Waals surface area contributed by atoms with E-state index in [0.717, 1.165) is 0 Å². The van der Waals surface area contributed by atoms with Crippen molar-refractivity contribution < 1.29 is 14.6 Å². The summed E-state index contributed by atoms with van der Waals surface area (Å²) in [6.07, 6.45) is 0. The predicted octanol–water partition coefficient (Wildman–Crippen LogP) is 2.00. The Morgan fingerprint density at radius 3 is 2.76 bits per heavy atom. The highest BCUT2D eigenvalue weighted by Gasteiger charge is 2.13. The number of fused-ring (bicyclic) bond motifs is 1. The Hall–Kier alpha value is -1.82. The average Bonchev–Trinajstić information content (AvgIpc) is 2.29. The van der Waals surface area contributed by atoms with Crippen LogP contribution in [0.3, 0.4) is 0 Å². The molecule has 0 bridgehead atoms. The number of hydrogen-bond acceptors (Lipinski definition) is 3. The van der Waals surface area contributed by atoms with E-state index >= 15 is 0 Å². The molecule has 0 saturated carbocycles. The first-order valence-corrected chi connectivity index (χ1v) is 5.46. The maximum Gasteiger partial charge on any atom is 0.341 e. The summed E-state index contributed by atoms with van der Waals surface area (Å²) < 4.78 is 5.67. The molecule has 88 valence electrons. The lowest BCUT2D eigenvalue weighted by molar-refractivity contribution is 0.0695. The second kappa shape index (κ2) is 4.21. The van der Waals surface area contributed by atoms with Crippen molar-refractivity contribution in [2.45, 2.75) is 0 Å². The zero-order valence-electron chi connectivity index (χ0n) is 8.78. The first-order chi connectivity index (χ1) is 8.04. The van der Waals surface area contributed by atoms with Gasteiger partial charge in [-0.3, -0.25) is 4.79 Å². The second-order valence-electron chi connectivity index (χ2n) is 3.36. The highest BCUT2D eigenvalue weighted by molar-refractivity contribution is 9.10. The monoisotopic (exact) mass is 297 g/mol. The maximum atomic E-state index is 11.5. The van der Waals surface area contributed by atoms with E-state index < -0.39 is 11.5 Å². The number of methoxy groups -OCH3 is 1. The minimum atomic E-state index is -1.25. The molecule has 2 N–H and O–H groups in total. The van der Waals surface area contributed by atoms with E-state index in [1.165, 1.54) is 13.2 Å². The number of aromatic carboxylic acids is 1. The molecule has 0 aliphatic heterocycles. The summed E-state index contributed by atoms with van der Waals surface area (Å²) in [6.45, 7) is 0. The predicted molar refractivity (Wildman–Crippen MR) is 65.8 cm³/mol. The number of halogens is 1. The largest absolute Gasteiger partial charge is 0.495 e. The zero-order chi connectivity index (χ0) is 12.6. The summed E-state index contributed by atoms with van der Waals surface area (Å²) in [5.74, 6) is -0.684. The van der Waals surface area contributed by atoms with Crippen molar-refractivity contribution >= 4 is 32.8 Å². The molecule has 0 saturated heterocycles. The molecule has 2 rings (SSSR count). The molecule has 0 aliphatic carbocycles. The third kappa shape index (κ3) is 1.91. The summed E-state index contributed by atoms with van der Waals surface area (Å²) >= 11 is 3.30. The zero-order valence-corrected chi connectivity index (χ0v) is 10.4. The minimum Gasteiger partial charge on any atom is -0.495 e. The van der Waals surface area contributed by atoms with Gasteiger partial charge in [0, 0.05) is 5.39 Å². The van der Waals surface area contributed by atoms with Gasteiger partial charge in [0.25, 0.3) is 5.56 Å². The fourth-order valence-electron chi connectivity index (χ4n) is 1.54. The number of carbonyl (C=O) groups is 1. The van der Waals surface area contributed by atoms with Crippen LogP contribution in [0, 0.1) is 0 Å². The molecule has 0 unspecified atom stereocenters. The summed E-state index contributed by atoms with van der Waals surface area (Å²) in [6, 6.07) is 4.71. The number of rotatable bonds is 2. The number of carboxylic acid groups (broad SMARTS) is 1. The molecule has 0 fully saturated rings. The van der Waals surface area contributed by atoms with Crippen molar-refractivity contribution in [2.24, 2.45) is 0 Å². The molecule has 0 amide bonds. The summed E-state index contributed by atoms with van der Waals surface area (Å²) in [5.41, 5.74) is -0.409. The molecule has 5 nitrogen and oxygen atoms in total. The number of aromatic nitrogens is 1. The van der Waals surface area contributed by atoms with Crippen molar-refractivity contribution in [3.63, 3.8) is 0 Å². The lowest BCUT2D eigenvalue weighted by Crippen LogP contribution is -2.17. The molecule has 0 spiro atoms. The van der Waals surface area contributed by atoms with Crippen LogP contribution in [-0.2, 0) is 0 Å². The number of ether oxygens (including phenoxy) is 1. The highest BCUT2D eigenvalue weighted by atomic mass is 79.9. The summed E-state index contributed by atoms with van der Waals surface area (Å²) in [5, 5.41) is 9.46. The van der Waals surface area contributed by atoms with E-state index in [0.29, 0.717) is 21.1 Å². The third-order valence-corrected chi connectivity index (χ3v) is 3.16. The average molecular weight is 298 g/mol. The van der Waals surface area contributed by atoms with Crippen LogP contribution in [0.1, 0.15) is 10.4 Å². The second-order valence-corrected chi connectivity index (χ2v) is 4.16. The van der Waals surface area contributed by atoms with Crippen LogP contribution in [0.15, 0.2) is 27.5 Å². The summed E-state index contributed by atoms with van der Waals surface area (Å²) in [7, 11) is 1.51. The smallest absolute Gasteiger partial charge is 0.341 e. The first-order valence-electron chi connectivity index (χ1n) is 4.67. The first kappa shape index (κ1) is 11.7. The van der Waals surface area contributed by atoms with Gasteiger partial charge in [-0.05, 0) is 34.1 Å². The van der Waals surface area contributed by atoms with Gasteiger partial charge in [0.1, 0.15) is 11.3 Å². The Bertz CT molecular complexity index is 662. The molecule has 1 heterocycles. The van der Waals surface area contributed by atoms with Gasteiger partial charge in [0.2, 0.25) is 0 Å². The van der Waals surface area contributed by atoms with Crippen molar-refractivity contribution in [3.8, 4) is 5.75 Å². The Labute approximate surface area is 104 Å². The van der Waals surface area contributed by atoms with Crippen molar-refractivity contribution in [1.29, 1.82) is 0 Å². The number of aromatic amines is 1. The van der Waals surface area contributed by atoms with E-state index in [-0.39, 0.29) is 5.56 Å². The van der Waals surface area contributed by atoms with Gasteiger partial charge in [0.15, 0.2) is 0 Å².